The van der Waals surface area contributed by atoms with Crippen LogP contribution in [0.25, 0.3) is 0 Å². The van der Waals surface area contributed by atoms with Crippen molar-refractivity contribution in [2.75, 3.05) is 13.6 Å². The van der Waals surface area contributed by atoms with Crippen molar-refractivity contribution >= 4 is 17.5 Å². The molecule has 0 atom stereocenters. The van der Waals surface area contributed by atoms with Crippen LogP contribution >= 0.6 is 11.6 Å². The summed E-state index contributed by atoms with van der Waals surface area (Å²) in [6.07, 6.45) is 1.03. The van der Waals surface area contributed by atoms with Gasteiger partial charge >= 0.3 is 0 Å². The van der Waals surface area contributed by atoms with E-state index in [-0.39, 0.29) is 5.91 Å². The Hall–Kier alpha value is -1.02. The minimum atomic E-state index is 0.0672. The van der Waals surface area contributed by atoms with E-state index in [1.54, 1.807) is 4.90 Å². The van der Waals surface area contributed by atoms with Crippen LogP contribution in [0.4, 0.5) is 0 Å². The maximum atomic E-state index is 12.1. The van der Waals surface area contributed by atoms with E-state index in [0.717, 1.165) is 24.1 Å². The Labute approximate surface area is 109 Å². The molecule has 0 saturated carbocycles. The van der Waals surface area contributed by atoms with Gasteiger partial charge in [-0.3, -0.25) is 4.79 Å². The third-order valence-corrected chi connectivity index (χ3v) is 3.03. The Morgan fingerprint density at radius 3 is 2.71 bits per heavy atom. The molecule has 1 amide bonds. The van der Waals surface area contributed by atoms with Crippen LogP contribution in [0.1, 0.15) is 36.2 Å². The molecule has 0 N–H and O–H groups in total. The number of benzene rings is 1. The lowest BCUT2D eigenvalue weighted by Crippen LogP contribution is -2.28. The third-order valence-electron chi connectivity index (χ3n) is 2.72. The third kappa shape index (κ3) is 4.39. The van der Waals surface area contributed by atoms with Crippen molar-refractivity contribution < 1.29 is 4.79 Å². The Bertz CT molecular complexity index is 376. The molecular formula is C14H20ClNO. The highest BCUT2D eigenvalue weighted by Gasteiger charge is 2.11. The quantitative estimate of drug-likeness (QED) is 0.735. The van der Waals surface area contributed by atoms with Crippen LogP contribution in [-0.4, -0.2) is 24.4 Å². The zero-order valence-electron chi connectivity index (χ0n) is 10.7. The fourth-order valence-electron chi connectivity index (χ4n) is 1.56. The van der Waals surface area contributed by atoms with Gasteiger partial charge in [-0.05, 0) is 30.0 Å². The van der Waals surface area contributed by atoms with Crippen molar-refractivity contribution in [3.05, 3.63) is 35.4 Å². The van der Waals surface area contributed by atoms with Crippen LogP contribution in [0.3, 0.4) is 0 Å². The fraction of sp³-hybridized carbons (Fsp3) is 0.500. The predicted molar refractivity (Wildman–Crippen MR) is 72.4 cm³/mol. The summed E-state index contributed by atoms with van der Waals surface area (Å²) in [6.45, 7) is 5.11. The molecule has 0 spiro atoms. The highest BCUT2D eigenvalue weighted by molar-refractivity contribution is 6.17. The minimum absolute atomic E-state index is 0.0672. The summed E-state index contributed by atoms with van der Waals surface area (Å²) < 4.78 is 0. The van der Waals surface area contributed by atoms with Crippen LogP contribution in [0.2, 0.25) is 0 Å². The first-order valence-corrected chi connectivity index (χ1v) is 6.48. The molecule has 2 nitrogen and oxygen atoms in total. The summed E-state index contributed by atoms with van der Waals surface area (Å²) in [7, 11) is 1.85. The monoisotopic (exact) mass is 253 g/mol. The Kier molecular flexibility index (Phi) is 5.49. The first kappa shape index (κ1) is 14.0. The average molecular weight is 254 g/mol. The zero-order chi connectivity index (χ0) is 12.8. The minimum Gasteiger partial charge on any atom is -0.342 e. The number of hydrogen-bond donors (Lipinski definition) is 0. The molecule has 0 radical (unpaired) electrons. The number of carbonyl (C=O) groups is 1. The van der Waals surface area contributed by atoms with E-state index >= 15 is 0 Å². The van der Waals surface area contributed by atoms with Gasteiger partial charge in [0.2, 0.25) is 0 Å². The van der Waals surface area contributed by atoms with Gasteiger partial charge < -0.3 is 4.90 Å². The number of amides is 1. The molecule has 17 heavy (non-hydrogen) atoms. The number of halogens is 1. The van der Waals surface area contributed by atoms with Crippen LogP contribution in [-0.2, 0) is 5.88 Å². The van der Waals surface area contributed by atoms with Gasteiger partial charge in [-0.25, -0.2) is 0 Å². The number of rotatable bonds is 5. The molecule has 3 heteroatoms. The Balaban J connectivity index is 2.67. The molecule has 0 aromatic heterocycles. The predicted octanol–water partition coefficient (Wildman–Crippen LogP) is 3.54. The molecule has 0 aliphatic rings. The zero-order valence-corrected chi connectivity index (χ0v) is 11.5. The summed E-state index contributed by atoms with van der Waals surface area (Å²) in [5, 5.41) is 0. The van der Waals surface area contributed by atoms with Crippen LogP contribution in [0.5, 0.6) is 0 Å². The van der Waals surface area contributed by atoms with Crippen LogP contribution in [0.15, 0.2) is 24.3 Å². The highest BCUT2D eigenvalue weighted by Crippen LogP contribution is 2.11. The largest absolute Gasteiger partial charge is 0.342 e. The lowest BCUT2D eigenvalue weighted by atomic mass is 10.1. The van der Waals surface area contributed by atoms with Crippen molar-refractivity contribution in [1.82, 2.24) is 4.90 Å². The Morgan fingerprint density at radius 2 is 2.12 bits per heavy atom. The number of carbonyl (C=O) groups excluding carboxylic acids is 1. The van der Waals surface area contributed by atoms with E-state index in [4.69, 9.17) is 11.6 Å². The van der Waals surface area contributed by atoms with Crippen molar-refractivity contribution in [3.8, 4) is 0 Å². The van der Waals surface area contributed by atoms with Gasteiger partial charge in [-0.1, -0.05) is 26.0 Å². The molecule has 0 fully saturated rings. The summed E-state index contributed by atoms with van der Waals surface area (Å²) in [5.41, 5.74) is 1.70. The van der Waals surface area contributed by atoms with Gasteiger partial charge in [0.05, 0.1) is 0 Å². The molecule has 0 unspecified atom stereocenters. The summed E-state index contributed by atoms with van der Waals surface area (Å²) >= 11 is 5.76. The molecule has 1 aromatic rings. The SMILES string of the molecule is CC(C)CCN(C)C(=O)c1cccc(CCl)c1. The van der Waals surface area contributed by atoms with Gasteiger partial charge in [0.15, 0.2) is 0 Å². The van der Waals surface area contributed by atoms with Crippen molar-refractivity contribution in [3.63, 3.8) is 0 Å². The van der Waals surface area contributed by atoms with Crippen LogP contribution in [0, 0.1) is 5.92 Å². The second kappa shape index (κ2) is 6.65. The molecule has 94 valence electrons. The van der Waals surface area contributed by atoms with E-state index in [0.29, 0.717) is 11.8 Å². The van der Waals surface area contributed by atoms with Gasteiger partial charge in [-0.15, -0.1) is 11.6 Å². The number of alkyl halides is 1. The second-order valence-electron chi connectivity index (χ2n) is 4.74. The molecule has 0 heterocycles. The molecule has 0 aliphatic heterocycles. The molecule has 0 bridgehead atoms. The highest BCUT2D eigenvalue weighted by atomic mass is 35.5. The fourth-order valence-corrected chi connectivity index (χ4v) is 1.73. The lowest BCUT2D eigenvalue weighted by Gasteiger charge is -2.18. The van der Waals surface area contributed by atoms with Gasteiger partial charge in [0, 0.05) is 25.0 Å². The average Bonchev–Trinajstić information content (AvgIpc) is 2.35. The van der Waals surface area contributed by atoms with Gasteiger partial charge in [-0.2, -0.15) is 0 Å². The molecule has 1 aromatic carbocycles. The summed E-state index contributed by atoms with van der Waals surface area (Å²) in [6, 6.07) is 7.50. The number of hydrogen-bond acceptors (Lipinski definition) is 1. The first-order chi connectivity index (χ1) is 8.04. The van der Waals surface area contributed by atoms with Gasteiger partial charge in [0.1, 0.15) is 0 Å². The molecular weight excluding hydrogens is 234 g/mol. The molecule has 0 aliphatic carbocycles. The van der Waals surface area contributed by atoms with E-state index in [1.165, 1.54) is 0 Å². The van der Waals surface area contributed by atoms with Crippen LogP contribution < -0.4 is 0 Å². The van der Waals surface area contributed by atoms with Crippen molar-refractivity contribution in [1.29, 1.82) is 0 Å². The van der Waals surface area contributed by atoms with E-state index in [1.807, 2.05) is 31.3 Å². The van der Waals surface area contributed by atoms with E-state index in [9.17, 15) is 4.79 Å². The number of nitrogens with zero attached hydrogens (tertiary/aromatic N) is 1. The normalized spacial score (nSPS) is 10.6. The second-order valence-corrected chi connectivity index (χ2v) is 5.01. The summed E-state index contributed by atoms with van der Waals surface area (Å²) in [4.78, 5) is 13.9. The standard InChI is InChI=1S/C14H20ClNO/c1-11(2)7-8-16(3)14(17)13-6-4-5-12(9-13)10-15/h4-6,9,11H,7-8,10H2,1-3H3. The topological polar surface area (TPSA) is 20.3 Å². The first-order valence-electron chi connectivity index (χ1n) is 5.95. The Morgan fingerprint density at radius 1 is 1.41 bits per heavy atom. The summed E-state index contributed by atoms with van der Waals surface area (Å²) in [5.74, 6) is 1.12. The maximum Gasteiger partial charge on any atom is 0.253 e. The van der Waals surface area contributed by atoms with Crippen molar-refractivity contribution in [2.45, 2.75) is 26.1 Å². The van der Waals surface area contributed by atoms with Gasteiger partial charge in [0.25, 0.3) is 5.91 Å². The lowest BCUT2D eigenvalue weighted by molar-refractivity contribution is 0.0789. The van der Waals surface area contributed by atoms with Crippen molar-refractivity contribution in [2.24, 2.45) is 5.92 Å². The smallest absolute Gasteiger partial charge is 0.253 e. The van der Waals surface area contributed by atoms with E-state index < -0.39 is 0 Å². The van der Waals surface area contributed by atoms with E-state index in [2.05, 4.69) is 13.8 Å². The molecule has 0 saturated heterocycles. The molecule has 1 rings (SSSR count). The maximum absolute atomic E-state index is 12.1.